The van der Waals surface area contributed by atoms with E-state index in [9.17, 15) is 13.2 Å². The third kappa shape index (κ3) is 4.75. The Bertz CT molecular complexity index is 774. The number of amides is 1. The van der Waals surface area contributed by atoms with Crippen LogP contribution in [0.5, 0.6) is 0 Å². The Hall–Kier alpha value is -2.09. The smallest absolute Gasteiger partial charge is 0.227 e. The van der Waals surface area contributed by atoms with E-state index in [1.165, 1.54) is 0 Å². The summed E-state index contributed by atoms with van der Waals surface area (Å²) in [6.45, 7) is 2.01. The minimum atomic E-state index is -2.85. The minimum absolute atomic E-state index is 0.149. The van der Waals surface area contributed by atoms with Gasteiger partial charge in [0.05, 0.1) is 11.5 Å². The maximum atomic E-state index is 11.8. The van der Waals surface area contributed by atoms with Crippen LogP contribution in [0.2, 0.25) is 0 Å². The number of sulfone groups is 1. The molecule has 1 aromatic rings. The van der Waals surface area contributed by atoms with Crippen molar-refractivity contribution in [2.24, 2.45) is 10.9 Å². The average Bonchev–Trinajstić information content (AvgIpc) is 3.20. The third-order valence-corrected chi connectivity index (χ3v) is 6.73. The molecule has 2 N–H and O–H groups in total. The number of guanidine groups is 1. The summed E-state index contributed by atoms with van der Waals surface area (Å²) in [5.74, 6) is 1.55. The zero-order chi connectivity index (χ0) is 18.6. The first-order chi connectivity index (χ1) is 12.5. The molecule has 0 spiro atoms. The molecule has 7 nitrogen and oxygen atoms in total. The van der Waals surface area contributed by atoms with Gasteiger partial charge in [-0.25, -0.2) is 8.42 Å². The molecule has 8 heteroatoms. The number of carbonyl (C=O) groups is 1. The first-order valence-corrected chi connectivity index (χ1v) is 10.8. The quantitative estimate of drug-likeness (QED) is 0.587. The Labute approximate surface area is 154 Å². The molecule has 0 radical (unpaired) electrons. The van der Waals surface area contributed by atoms with Crippen molar-refractivity contribution >= 4 is 27.4 Å². The Balaban J connectivity index is 1.47. The largest absolute Gasteiger partial charge is 0.356 e. The van der Waals surface area contributed by atoms with Crippen molar-refractivity contribution in [1.82, 2.24) is 10.6 Å². The van der Waals surface area contributed by atoms with Crippen LogP contribution in [-0.2, 0) is 21.2 Å². The second-order valence-corrected chi connectivity index (χ2v) is 9.12. The summed E-state index contributed by atoms with van der Waals surface area (Å²) in [6.07, 6.45) is 2.27. The molecule has 0 aliphatic carbocycles. The zero-order valence-electron chi connectivity index (χ0n) is 15.1. The number of nitrogens with zero attached hydrogens (tertiary/aromatic N) is 2. The van der Waals surface area contributed by atoms with Gasteiger partial charge in [0.1, 0.15) is 0 Å². The molecular weight excluding hydrogens is 352 g/mol. The molecule has 0 saturated carbocycles. The Kier molecular flexibility index (Phi) is 5.80. The van der Waals surface area contributed by atoms with Crippen molar-refractivity contribution < 1.29 is 13.2 Å². The van der Waals surface area contributed by atoms with Crippen LogP contribution in [0, 0.1) is 5.92 Å². The van der Waals surface area contributed by atoms with Gasteiger partial charge in [-0.05, 0) is 36.5 Å². The third-order valence-electron chi connectivity index (χ3n) is 4.89. The van der Waals surface area contributed by atoms with Crippen molar-refractivity contribution in [3.05, 3.63) is 29.8 Å². The molecule has 2 saturated heterocycles. The van der Waals surface area contributed by atoms with Crippen LogP contribution < -0.4 is 15.5 Å². The Morgan fingerprint density at radius 3 is 2.62 bits per heavy atom. The number of anilines is 1. The average molecular weight is 378 g/mol. The molecule has 2 fully saturated rings. The SMILES string of the molecule is CN=C(NCc1ccc(N2CCCC2=O)cc1)NCC1CCS(=O)(=O)C1. The number of aliphatic imine (C=N–C) groups is 1. The van der Waals surface area contributed by atoms with Gasteiger partial charge in [-0.2, -0.15) is 0 Å². The number of hydrogen-bond acceptors (Lipinski definition) is 4. The fraction of sp³-hybridized carbons (Fsp3) is 0.556. The van der Waals surface area contributed by atoms with Gasteiger partial charge in [0.2, 0.25) is 5.91 Å². The van der Waals surface area contributed by atoms with E-state index in [1.807, 2.05) is 29.2 Å². The molecule has 0 bridgehead atoms. The maximum Gasteiger partial charge on any atom is 0.227 e. The lowest BCUT2D eigenvalue weighted by Gasteiger charge is -2.17. The predicted molar refractivity (Wildman–Crippen MR) is 103 cm³/mol. The van der Waals surface area contributed by atoms with Crippen LogP contribution in [0.4, 0.5) is 5.69 Å². The van der Waals surface area contributed by atoms with Gasteiger partial charge in [-0.1, -0.05) is 12.1 Å². The normalized spacial score (nSPS) is 22.7. The lowest BCUT2D eigenvalue weighted by Crippen LogP contribution is -2.39. The monoisotopic (exact) mass is 378 g/mol. The molecule has 1 atom stereocenters. The van der Waals surface area contributed by atoms with E-state index in [0.29, 0.717) is 31.9 Å². The lowest BCUT2D eigenvalue weighted by molar-refractivity contribution is -0.117. The molecule has 26 heavy (non-hydrogen) atoms. The van der Waals surface area contributed by atoms with Crippen LogP contribution in [-0.4, -0.2) is 51.9 Å². The molecule has 2 heterocycles. The Morgan fingerprint density at radius 1 is 1.27 bits per heavy atom. The predicted octanol–water partition coefficient (Wildman–Crippen LogP) is 0.913. The minimum Gasteiger partial charge on any atom is -0.356 e. The molecule has 0 aromatic heterocycles. The zero-order valence-corrected chi connectivity index (χ0v) is 15.9. The summed E-state index contributed by atoms with van der Waals surface area (Å²) < 4.78 is 23.0. The molecule has 142 valence electrons. The molecule has 1 aromatic carbocycles. The first-order valence-electron chi connectivity index (χ1n) is 9.01. The van der Waals surface area contributed by atoms with Crippen LogP contribution >= 0.6 is 0 Å². The molecule has 2 aliphatic heterocycles. The van der Waals surface area contributed by atoms with Crippen molar-refractivity contribution in [1.29, 1.82) is 0 Å². The Morgan fingerprint density at radius 2 is 2.04 bits per heavy atom. The standard InChI is InChI=1S/C18H26N4O3S/c1-19-18(21-12-15-8-10-26(24,25)13-15)20-11-14-4-6-16(7-5-14)22-9-2-3-17(22)23/h4-7,15H,2-3,8-13H2,1H3,(H2,19,20,21). The summed E-state index contributed by atoms with van der Waals surface area (Å²) in [7, 11) is -1.15. The van der Waals surface area contributed by atoms with E-state index in [4.69, 9.17) is 0 Å². The van der Waals surface area contributed by atoms with E-state index in [0.717, 1.165) is 24.2 Å². The summed E-state index contributed by atoms with van der Waals surface area (Å²) >= 11 is 0. The van der Waals surface area contributed by atoms with Crippen molar-refractivity contribution in [2.75, 3.05) is 36.5 Å². The van der Waals surface area contributed by atoms with Gasteiger partial charge >= 0.3 is 0 Å². The number of rotatable bonds is 5. The molecule has 1 amide bonds. The van der Waals surface area contributed by atoms with Crippen LogP contribution in [0.3, 0.4) is 0 Å². The fourth-order valence-corrected chi connectivity index (χ4v) is 5.26. The second-order valence-electron chi connectivity index (χ2n) is 6.89. The van der Waals surface area contributed by atoms with Gasteiger partial charge in [-0.3, -0.25) is 9.79 Å². The summed E-state index contributed by atoms with van der Waals surface area (Å²) in [5.41, 5.74) is 2.04. The number of benzene rings is 1. The molecule has 2 aliphatic rings. The highest BCUT2D eigenvalue weighted by Gasteiger charge is 2.27. The molecule has 1 unspecified atom stereocenters. The van der Waals surface area contributed by atoms with Crippen LogP contribution in [0.15, 0.2) is 29.3 Å². The number of nitrogens with one attached hydrogen (secondary N) is 2. The number of carbonyl (C=O) groups excluding carboxylic acids is 1. The highest BCUT2D eigenvalue weighted by Crippen LogP contribution is 2.21. The van der Waals surface area contributed by atoms with Gasteiger partial charge in [-0.15, -0.1) is 0 Å². The van der Waals surface area contributed by atoms with E-state index < -0.39 is 9.84 Å². The summed E-state index contributed by atoms with van der Waals surface area (Å²) in [5, 5.41) is 6.44. The lowest BCUT2D eigenvalue weighted by atomic mass is 10.1. The van der Waals surface area contributed by atoms with Crippen molar-refractivity contribution in [3.63, 3.8) is 0 Å². The topological polar surface area (TPSA) is 90.9 Å². The first kappa shape index (κ1) is 18.7. The second kappa shape index (κ2) is 8.07. The maximum absolute atomic E-state index is 11.8. The van der Waals surface area contributed by atoms with E-state index in [-0.39, 0.29) is 23.3 Å². The van der Waals surface area contributed by atoms with E-state index in [2.05, 4.69) is 15.6 Å². The van der Waals surface area contributed by atoms with Crippen LogP contribution in [0.1, 0.15) is 24.8 Å². The fourth-order valence-electron chi connectivity index (χ4n) is 3.40. The van der Waals surface area contributed by atoms with Crippen molar-refractivity contribution in [2.45, 2.75) is 25.8 Å². The van der Waals surface area contributed by atoms with Crippen molar-refractivity contribution in [3.8, 4) is 0 Å². The van der Waals surface area contributed by atoms with E-state index >= 15 is 0 Å². The molecule has 3 rings (SSSR count). The highest BCUT2D eigenvalue weighted by molar-refractivity contribution is 7.91. The molecular formula is C18H26N4O3S. The van der Waals surface area contributed by atoms with Gasteiger partial charge < -0.3 is 15.5 Å². The van der Waals surface area contributed by atoms with Gasteiger partial charge in [0.15, 0.2) is 15.8 Å². The van der Waals surface area contributed by atoms with Gasteiger partial charge in [0, 0.05) is 38.8 Å². The van der Waals surface area contributed by atoms with Crippen LogP contribution in [0.25, 0.3) is 0 Å². The summed E-state index contributed by atoms with van der Waals surface area (Å²) in [4.78, 5) is 17.8. The van der Waals surface area contributed by atoms with Gasteiger partial charge in [0.25, 0.3) is 0 Å². The van der Waals surface area contributed by atoms with E-state index in [1.54, 1.807) is 7.05 Å². The highest BCUT2D eigenvalue weighted by atomic mass is 32.2. The number of hydrogen-bond donors (Lipinski definition) is 2. The summed E-state index contributed by atoms with van der Waals surface area (Å²) in [6, 6.07) is 7.95.